The number of carboxylic acid groups (broad SMARTS) is 1. The first-order valence-electron chi connectivity index (χ1n) is 11.3. The first kappa shape index (κ1) is 24.4. The summed E-state index contributed by atoms with van der Waals surface area (Å²) >= 11 is 0. The molecule has 1 saturated carbocycles. The van der Waals surface area contributed by atoms with Crippen LogP contribution in [0.15, 0.2) is 67.0 Å². The number of carboxylic acids is 1. The van der Waals surface area contributed by atoms with Crippen molar-refractivity contribution in [3.8, 4) is 16.9 Å². The van der Waals surface area contributed by atoms with Crippen LogP contribution in [0.3, 0.4) is 0 Å². The molecule has 1 fully saturated rings. The van der Waals surface area contributed by atoms with Gasteiger partial charge in [-0.1, -0.05) is 38.1 Å². The van der Waals surface area contributed by atoms with Gasteiger partial charge in [-0.15, -0.1) is 0 Å². The van der Waals surface area contributed by atoms with Crippen LogP contribution in [0.2, 0.25) is 0 Å². The number of nitrogens with zero attached hydrogens (tertiary/aromatic N) is 4. The van der Waals surface area contributed by atoms with Gasteiger partial charge >= 0.3 is 12.1 Å². The third kappa shape index (κ3) is 4.64. The SMILES string of the molecule is CC1(C)[C@@H](C(=O)O)[C@@H]1c1cccc(-c2cnc(Nc3ccc(F)cc3)nc2-n2ccc(C(F)(F)F)n2)c1. The van der Waals surface area contributed by atoms with E-state index in [1.807, 2.05) is 19.9 Å². The Balaban J connectivity index is 1.58. The minimum absolute atomic E-state index is 0.0693. The summed E-state index contributed by atoms with van der Waals surface area (Å²) in [7, 11) is 0. The third-order valence-electron chi connectivity index (χ3n) is 6.62. The van der Waals surface area contributed by atoms with E-state index in [0.717, 1.165) is 22.5 Å². The third-order valence-corrected chi connectivity index (χ3v) is 6.62. The van der Waals surface area contributed by atoms with Crippen LogP contribution >= 0.6 is 0 Å². The summed E-state index contributed by atoms with van der Waals surface area (Å²) in [6, 6.07) is 13.4. The zero-order valence-corrected chi connectivity index (χ0v) is 19.7. The molecule has 37 heavy (non-hydrogen) atoms. The van der Waals surface area contributed by atoms with Crippen LogP contribution in [0.5, 0.6) is 0 Å². The maximum absolute atomic E-state index is 13.3. The van der Waals surface area contributed by atoms with Gasteiger partial charge in [0.25, 0.3) is 0 Å². The molecule has 4 aromatic rings. The molecule has 0 radical (unpaired) electrons. The first-order valence-corrected chi connectivity index (χ1v) is 11.3. The number of rotatable bonds is 6. The summed E-state index contributed by atoms with van der Waals surface area (Å²) in [5.41, 5.74) is 0.754. The lowest BCUT2D eigenvalue weighted by atomic mass is 9.99. The number of halogens is 4. The molecule has 0 amide bonds. The molecule has 190 valence electrons. The van der Waals surface area contributed by atoms with Gasteiger partial charge in [-0.25, -0.2) is 14.1 Å². The molecule has 5 rings (SSSR count). The summed E-state index contributed by atoms with van der Waals surface area (Å²) in [6.45, 7) is 3.77. The van der Waals surface area contributed by atoms with E-state index in [9.17, 15) is 27.5 Å². The van der Waals surface area contributed by atoms with Crippen LogP contribution in [-0.2, 0) is 11.0 Å². The molecule has 0 saturated heterocycles. The summed E-state index contributed by atoms with van der Waals surface area (Å²) in [6.07, 6.45) is -2.03. The lowest BCUT2D eigenvalue weighted by molar-refractivity contribution is -0.141. The van der Waals surface area contributed by atoms with Crippen molar-refractivity contribution >= 4 is 17.6 Å². The predicted molar refractivity (Wildman–Crippen MR) is 127 cm³/mol. The Morgan fingerprint density at radius 1 is 1.11 bits per heavy atom. The largest absolute Gasteiger partial charge is 0.481 e. The van der Waals surface area contributed by atoms with Crippen molar-refractivity contribution in [2.45, 2.75) is 25.9 Å². The van der Waals surface area contributed by atoms with Crippen molar-refractivity contribution in [2.75, 3.05) is 5.32 Å². The van der Waals surface area contributed by atoms with Gasteiger partial charge < -0.3 is 10.4 Å². The maximum atomic E-state index is 13.3. The van der Waals surface area contributed by atoms with E-state index >= 15 is 0 Å². The number of anilines is 2. The Bertz CT molecular complexity index is 1480. The number of aliphatic carboxylic acids is 1. The van der Waals surface area contributed by atoms with Crippen molar-refractivity contribution in [3.05, 3.63) is 84.1 Å². The van der Waals surface area contributed by atoms with Crippen LogP contribution in [0, 0.1) is 17.2 Å². The highest BCUT2D eigenvalue weighted by atomic mass is 19.4. The Morgan fingerprint density at radius 3 is 2.46 bits per heavy atom. The highest BCUT2D eigenvalue weighted by Crippen LogP contribution is 2.64. The molecule has 0 aliphatic heterocycles. The molecule has 0 unspecified atom stereocenters. The summed E-state index contributed by atoms with van der Waals surface area (Å²) in [5.74, 6) is -1.91. The van der Waals surface area contributed by atoms with E-state index in [1.165, 1.54) is 30.5 Å². The van der Waals surface area contributed by atoms with Crippen LogP contribution < -0.4 is 5.32 Å². The predicted octanol–water partition coefficient (Wildman–Crippen LogP) is 6.06. The standard InChI is InChI=1S/C26H21F4N5O2/c1-25(2)20(21(25)23(36)37)15-5-3-4-14(12-15)18-13-31-24(32-17-8-6-16(27)7-9-17)33-22(18)35-11-10-19(34-35)26(28,29)30/h3-13,20-21H,1-2H3,(H,36,37)(H,31,32,33)/t20-,21+/m0/s1. The van der Waals surface area contributed by atoms with Gasteiger partial charge in [0, 0.05) is 29.6 Å². The van der Waals surface area contributed by atoms with Crippen molar-refractivity contribution in [1.82, 2.24) is 19.7 Å². The Morgan fingerprint density at radius 2 is 1.84 bits per heavy atom. The van der Waals surface area contributed by atoms with Gasteiger partial charge in [0.1, 0.15) is 5.82 Å². The molecular weight excluding hydrogens is 490 g/mol. The number of hydrogen-bond acceptors (Lipinski definition) is 5. The van der Waals surface area contributed by atoms with E-state index in [0.29, 0.717) is 16.8 Å². The zero-order valence-electron chi connectivity index (χ0n) is 19.7. The molecular formula is C26H21F4N5O2. The molecule has 0 bridgehead atoms. The number of alkyl halides is 3. The highest BCUT2D eigenvalue weighted by molar-refractivity contribution is 5.78. The summed E-state index contributed by atoms with van der Waals surface area (Å²) in [4.78, 5) is 20.4. The maximum Gasteiger partial charge on any atom is 0.435 e. The topological polar surface area (TPSA) is 92.9 Å². The summed E-state index contributed by atoms with van der Waals surface area (Å²) in [5, 5.41) is 16.2. The van der Waals surface area contributed by atoms with Gasteiger partial charge in [0.2, 0.25) is 5.95 Å². The van der Waals surface area contributed by atoms with Crippen molar-refractivity contribution in [1.29, 1.82) is 0 Å². The lowest BCUT2D eigenvalue weighted by Crippen LogP contribution is -2.10. The number of benzene rings is 2. The van der Waals surface area contributed by atoms with Crippen molar-refractivity contribution in [2.24, 2.45) is 11.3 Å². The minimum atomic E-state index is -4.64. The van der Waals surface area contributed by atoms with E-state index in [4.69, 9.17) is 0 Å². The van der Waals surface area contributed by atoms with Crippen molar-refractivity contribution in [3.63, 3.8) is 0 Å². The van der Waals surface area contributed by atoms with E-state index < -0.39 is 35.0 Å². The second-order valence-corrected chi connectivity index (χ2v) is 9.45. The normalized spacial score (nSPS) is 18.4. The van der Waals surface area contributed by atoms with E-state index in [2.05, 4.69) is 20.4 Å². The Labute approximate surface area is 208 Å². The van der Waals surface area contributed by atoms with E-state index in [-0.39, 0.29) is 17.7 Å². The van der Waals surface area contributed by atoms with E-state index in [1.54, 1.807) is 18.2 Å². The molecule has 2 heterocycles. The minimum Gasteiger partial charge on any atom is -0.481 e. The number of nitrogens with one attached hydrogen (secondary N) is 1. The fraction of sp³-hybridized carbons (Fsp3) is 0.231. The Kier molecular flexibility index (Phi) is 5.73. The molecule has 11 heteroatoms. The van der Waals surface area contributed by atoms with Crippen LogP contribution in [0.25, 0.3) is 16.9 Å². The van der Waals surface area contributed by atoms with Gasteiger partial charge in [0.05, 0.1) is 5.92 Å². The number of hydrogen-bond donors (Lipinski definition) is 2. The highest BCUT2D eigenvalue weighted by Gasteiger charge is 2.62. The molecule has 7 nitrogen and oxygen atoms in total. The van der Waals surface area contributed by atoms with Gasteiger partial charge in [0.15, 0.2) is 11.5 Å². The fourth-order valence-electron chi connectivity index (χ4n) is 4.69. The van der Waals surface area contributed by atoms with Crippen molar-refractivity contribution < 1.29 is 27.5 Å². The molecule has 1 aliphatic rings. The Hall–Kier alpha value is -4.28. The van der Waals surface area contributed by atoms with Crippen LogP contribution in [-0.4, -0.2) is 30.8 Å². The molecule has 1 aliphatic carbocycles. The average molecular weight is 511 g/mol. The molecule has 2 atom stereocenters. The monoisotopic (exact) mass is 511 g/mol. The first-order chi connectivity index (χ1) is 17.4. The molecule has 0 spiro atoms. The molecule has 2 aromatic carbocycles. The quantitative estimate of drug-likeness (QED) is 0.306. The lowest BCUT2D eigenvalue weighted by Gasteiger charge is -2.13. The van der Waals surface area contributed by atoms with Gasteiger partial charge in [-0.05, 0) is 46.9 Å². The number of aromatic nitrogens is 4. The zero-order chi connectivity index (χ0) is 26.5. The van der Waals surface area contributed by atoms with Crippen LogP contribution in [0.4, 0.5) is 29.2 Å². The fourth-order valence-corrected chi connectivity index (χ4v) is 4.69. The smallest absolute Gasteiger partial charge is 0.435 e. The summed E-state index contributed by atoms with van der Waals surface area (Å²) < 4.78 is 54.1. The number of carbonyl (C=O) groups is 1. The second-order valence-electron chi connectivity index (χ2n) is 9.45. The van der Waals surface area contributed by atoms with Gasteiger partial charge in [-0.2, -0.15) is 23.3 Å². The second kappa shape index (κ2) is 8.68. The van der Waals surface area contributed by atoms with Gasteiger partial charge in [-0.3, -0.25) is 4.79 Å². The molecule has 2 aromatic heterocycles. The van der Waals surface area contributed by atoms with Crippen LogP contribution in [0.1, 0.15) is 31.0 Å². The average Bonchev–Trinajstić information content (AvgIpc) is 3.16. The molecule has 2 N–H and O–H groups in total.